The van der Waals surface area contributed by atoms with Crippen molar-refractivity contribution in [3.8, 4) is 11.5 Å². The molecule has 1 N–H and O–H groups in total. The third-order valence-electron chi connectivity index (χ3n) is 9.52. The van der Waals surface area contributed by atoms with Gasteiger partial charge in [0.15, 0.2) is 5.60 Å². The van der Waals surface area contributed by atoms with Gasteiger partial charge in [-0.2, -0.15) is 0 Å². The molecule has 0 aliphatic carbocycles. The van der Waals surface area contributed by atoms with Gasteiger partial charge < -0.3 is 19.7 Å². The number of unbranched alkanes of at least 4 members (excludes halogenated alkanes) is 7. The van der Waals surface area contributed by atoms with Gasteiger partial charge in [0.05, 0.1) is 5.56 Å². The number of carbonyl (C=O) groups is 1. The third-order valence-corrected chi connectivity index (χ3v) is 9.52. The Morgan fingerprint density at radius 3 is 2.22 bits per heavy atom. The molecule has 5 nitrogen and oxygen atoms in total. The molecule has 1 unspecified atom stereocenters. The average Bonchev–Trinajstić information content (AvgIpc) is 3.35. The number of fused-ring (bicyclic) bond motifs is 6. The predicted octanol–water partition coefficient (Wildman–Crippen LogP) is 11.0. The van der Waals surface area contributed by atoms with Crippen molar-refractivity contribution < 1.29 is 14.3 Å². The van der Waals surface area contributed by atoms with E-state index >= 15 is 0 Å². The van der Waals surface area contributed by atoms with Gasteiger partial charge in [-0.05, 0) is 80.3 Å². The fourth-order valence-electron chi connectivity index (χ4n) is 7.02. The number of esters is 1. The number of ether oxygens (including phenoxy) is 2. The van der Waals surface area contributed by atoms with Crippen LogP contribution in [0, 0.1) is 13.8 Å². The number of rotatable bonds is 14. The molecule has 0 amide bonds. The van der Waals surface area contributed by atoms with Crippen LogP contribution in [0.2, 0.25) is 0 Å². The van der Waals surface area contributed by atoms with Crippen molar-refractivity contribution in [1.29, 1.82) is 0 Å². The van der Waals surface area contributed by atoms with E-state index in [-0.39, 0.29) is 5.97 Å². The van der Waals surface area contributed by atoms with Gasteiger partial charge in [0.25, 0.3) is 0 Å². The van der Waals surface area contributed by atoms with Crippen LogP contribution in [0.4, 0.5) is 17.1 Å². The van der Waals surface area contributed by atoms with Gasteiger partial charge in [-0.25, -0.2) is 4.79 Å². The summed E-state index contributed by atoms with van der Waals surface area (Å²) in [6.07, 6.45) is 11.2. The lowest BCUT2D eigenvalue weighted by molar-refractivity contribution is 0.0224. The highest BCUT2D eigenvalue weighted by Crippen LogP contribution is 2.57. The SMILES string of the molecule is CCCCCCCCN(CCCCC)c1ccc2c(c1)Oc1cc(C)c(Nc3cccc(C)c3)cc1C21OC(=O)c2ccccc21. The first-order chi connectivity index (χ1) is 22.4. The van der Waals surface area contributed by atoms with E-state index in [1.54, 1.807) is 0 Å². The maximum Gasteiger partial charge on any atom is 0.340 e. The number of nitrogens with one attached hydrogen (secondary N) is 1. The van der Waals surface area contributed by atoms with Gasteiger partial charge in [-0.15, -0.1) is 0 Å². The highest BCUT2D eigenvalue weighted by atomic mass is 16.6. The molecule has 0 aromatic heterocycles. The van der Waals surface area contributed by atoms with E-state index in [1.807, 2.05) is 24.3 Å². The van der Waals surface area contributed by atoms with Crippen LogP contribution in [-0.2, 0) is 10.3 Å². The summed E-state index contributed by atoms with van der Waals surface area (Å²) in [5.74, 6) is 1.16. The largest absolute Gasteiger partial charge is 0.456 e. The summed E-state index contributed by atoms with van der Waals surface area (Å²) in [6, 6.07) is 26.8. The third kappa shape index (κ3) is 6.25. The molecule has 240 valence electrons. The zero-order valence-corrected chi connectivity index (χ0v) is 28.0. The summed E-state index contributed by atoms with van der Waals surface area (Å²) in [4.78, 5) is 16.0. The highest BCUT2D eigenvalue weighted by Gasteiger charge is 2.53. The van der Waals surface area contributed by atoms with Gasteiger partial charge in [0.1, 0.15) is 11.5 Å². The maximum absolute atomic E-state index is 13.5. The van der Waals surface area contributed by atoms with Crippen LogP contribution in [0.3, 0.4) is 0 Å². The molecule has 2 heterocycles. The van der Waals surface area contributed by atoms with Gasteiger partial charge >= 0.3 is 5.97 Å². The van der Waals surface area contributed by atoms with E-state index in [9.17, 15) is 4.79 Å². The quantitative estimate of drug-likeness (QED) is 0.113. The van der Waals surface area contributed by atoms with Crippen molar-refractivity contribution in [2.75, 3.05) is 23.3 Å². The highest BCUT2D eigenvalue weighted by molar-refractivity contribution is 5.97. The molecule has 0 bridgehead atoms. The van der Waals surface area contributed by atoms with Gasteiger partial charge in [-0.1, -0.05) is 89.1 Å². The molecular weight excluding hydrogens is 568 g/mol. The molecule has 46 heavy (non-hydrogen) atoms. The second-order valence-electron chi connectivity index (χ2n) is 13.0. The fraction of sp³-hybridized carbons (Fsp3) is 0.390. The van der Waals surface area contributed by atoms with Gasteiger partial charge in [-0.3, -0.25) is 0 Å². The summed E-state index contributed by atoms with van der Waals surface area (Å²) in [5.41, 5.74) is 7.41. The van der Waals surface area contributed by atoms with Crippen molar-refractivity contribution >= 4 is 23.0 Å². The monoisotopic (exact) mass is 616 g/mol. The lowest BCUT2D eigenvalue weighted by atomic mass is 9.77. The second kappa shape index (κ2) is 14.0. The molecule has 4 aromatic rings. The Balaban J connectivity index is 1.40. The van der Waals surface area contributed by atoms with E-state index in [0.29, 0.717) is 5.56 Å². The first-order valence-electron chi connectivity index (χ1n) is 17.3. The Morgan fingerprint density at radius 2 is 1.41 bits per heavy atom. The Hall–Kier alpha value is -4.25. The minimum atomic E-state index is -1.10. The fourth-order valence-corrected chi connectivity index (χ4v) is 7.02. The number of anilines is 3. The molecule has 2 aliphatic heterocycles. The Bertz CT molecular complexity index is 1700. The molecule has 6 rings (SSSR count). The first kappa shape index (κ1) is 31.7. The van der Waals surface area contributed by atoms with Crippen LogP contribution in [0.5, 0.6) is 11.5 Å². The molecule has 2 aliphatic rings. The molecule has 0 saturated heterocycles. The number of aryl methyl sites for hydroxylation is 2. The molecule has 0 saturated carbocycles. The normalized spacial score (nSPS) is 16.0. The van der Waals surface area contributed by atoms with Crippen LogP contribution < -0.4 is 15.0 Å². The van der Waals surface area contributed by atoms with Crippen molar-refractivity contribution in [3.63, 3.8) is 0 Å². The van der Waals surface area contributed by atoms with Crippen LogP contribution >= 0.6 is 0 Å². The minimum absolute atomic E-state index is 0.309. The van der Waals surface area contributed by atoms with Crippen LogP contribution in [0.25, 0.3) is 0 Å². The van der Waals surface area contributed by atoms with E-state index in [4.69, 9.17) is 9.47 Å². The van der Waals surface area contributed by atoms with Gasteiger partial charge in [0, 0.05) is 52.9 Å². The molecule has 0 fully saturated rings. The standard InChI is InChI=1S/C41H48N2O3/c1-5-7-9-10-11-15-24-43(23-14-8-6-2)32-21-22-35-39(27-32)45-38-26-30(4)37(42-31-18-16-17-29(3)25-31)28-36(38)41(35)34-20-13-12-19-33(34)40(44)46-41/h12-13,16-22,25-28,42H,5-11,14-15,23-24H2,1-4H3. The second-order valence-corrected chi connectivity index (χ2v) is 13.0. The summed E-state index contributed by atoms with van der Waals surface area (Å²) in [7, 11) is 0. The maximum atomic E-state index is 13.5. The van der Waals surface area contributed by atoms with E-state index in [2.05, 4.69) is 92.5 Å². The number of hydrogen-bond acceptors (Lipinski definition) is 5. The minimum Gasteiger partial charge on any atom is -0.456 e. The summed E-state index contributed by atoms with van der Waals surface area (Å²) in [6.45, 7) is 10.8. The Labute approximate surface area is 274 Å². The molecule has 0 radical (unpaired) electrons. The summed E-state index contributed by atoms with van der Waals surface area (Å²) in [5, 5.41) is 3.61. The number of hydrogen-bond donors (Lipinski definition) is 1. The van der Waals surface area contributed by atoms with Crippen molar-refractivity contribution in [2.45, 2.75) is 91.1 Å². The number of benzene rings is 4. The van der Waals surface area contributed by atoms with Gasteiger partial charge in [0.2, 0.25) is 0 Å². The van der Waals surface area contributed by atoms with Crippen LogP contribution in [-0.4, -0.2) is 19.1 Å². The predicted molar refractivity (Wildman–Crippen MR) is 189 cm³/mol. The molecule has 5 heteroatoms. The topological polar surface area (TPSA) is 50.8 Å². The zero-order chi connectivity index (χ0) is 32.1. The zero-order valence-electron chi connectivity index (χ0n) is 28.0. The smallest absolute Gasteiger partial charge is 0.340 e. The van der Waals surface area contributed by atoms with E-state index in [0.717, 1.165) is 70.3 Å². The summed E-state index contributed by atoms with van der Waals surface area (Å²) >= 11 is 0. The number of nitrogens with zero attached hydrogens (tertiary/aromatic N) is 1. The van der Waals surface area contributed by atoms with Crippen LogP contribution in [0.1, 0.15) is 110 Å². The van der Waals surface area contributed by atoms with E-state index < -0.39 is 5.60 Å². The molecule has 4 aromatic carbocycles. The summed E-state index contributed by atoms with van der Waals surface area (Å²) < 4.78 is 13.3. The first-order valence-corrected chi connectivity index (χ1v) is 17.3. The van der Waals surface area contributed by atoms with Crippen molar-refractivity contribution in [2.24, 2.45) is 0 Å². The Kier molecular flexibility index (Phi) is 9.67. The average molecular weight is 617 g/mol. The lowest BCUT2D eigenvalue weighted by Gasteiger charge is -2.38. The van der Waals surface area contributed by atoms with E-state index in [1.165, 1.54) is 56.9 Å². The molecule has 1 atom stereocenters. The van der Waals surface area contributed by atoms with Crippen molar-refractivity contribution in [3.05, 3.63) is 112 Å². The lowest BCUT2D eigenvalue weighted by Crippen LogP contribution is -2.33. The molecule has 1 spiro atoms. The van der Waals surface area contributed by atoms with Crippen LogP contribution in [0.15, 0.2) is 78.9 Å². The Morgan fingerprint density at radius 1 is 0.696 bits per heavy atom. The van der Waals surface area contributed by atoms with Crippen molar-refractivity contribution in [1.82, 2.24) is 0 Å². The molecular formula is C41H48N2O3. The number of carbonyl (C=O) groups excluding carboxylic acids is 1.